The first-order valence-electron chi connectivity index (χ1n) is 8.58. The van der Waals surface area contributed by atoms with Crippen molar-refractivity contribution in [1.29, 1.82) is 0 Å². The number of nitrogens with one attached hydrogen (secondary N) is 1. The maximum absolute atomic E-state index is 13.3. The van der Waals surface area contributed by atoms with Crippen molar-refractivity contribution in [3.63, 3.8) is 0 Å². The van der Waals surface area contributed by atoms with E-state index in [0.717, 1.165) is 28.5 Å². The summed E-state index contributed by atoms with van der Waals surface area (Å²) in [5.74, 6) is -0.133. The summed E-state index contributed by atoms with van der Waals surface area (Å²) >= 11 is 5.89. The predicted octanol–water partition coefficient (Wildman–Crippen LogP) is 4.82. The molecule has 2 aromatic carbocycles. The van der Waals surface area contributed by atoms with Gasteiger partial charge in [-0.25, -0.2) is 4.39 Å². The molecule has 0 saturated heterocycles. The number of carbonyl (C=O) groups excluding carboxylic acids is 1. The lowest BCUT2D eigenvalue weighted by Crippen LogP contribution is -2.35. The Morgan fingerprint density at radius 2 is 2.00 bits per heavy atom. The molecule has 132 valence electrons. The van der Waals surface area contributed by atoms with E-state index in [9.17, 15) is 9.18 Å². The molecule has 1 aromatic heterocycles. The Kier molecular flexibility index (Phi) is 4.51. The maximum Gasteiger partial charge on any atom is 0.227 e. The molecule has 3 nitrogen and oxygen atoms in total. The summed E-state index contributed by atoms with van der Waals surface area (Å²) in [4.78, 5) is 17.5. The molecule has 0 fully saturated rings. The molecule has 1 N–H and O–H groups in total. The highest BCUT2D eigenvalue weighted by atomic mass is 35.5. The van der Waals surface area contributed by atoms with Crippen molar-refractivity contribution >= 4 is 34.0 Å². The van der Waals surface area contributed by atoms with Crippen molar-refractivity contribution in [2.24, 2.45) is 0 Å². The third-order valence-electron chi connectivity index (χ3n) is 4.82. The number of rotatable bonds is 3. The Hall–Kier alpha value is -2.59. The SMILES string of the molecule is O=C(Cc1ccc(Cl)cc1)N1CC=C(c2c[nH]c3cc(F)ccc23)CC1. The molecule has 0 bridgehead atoms. The summed E-state index contributed by atoms with van der Waals surface area (Å²) in [6.45, 7) is 1.28. The van der Waals surface area contributed by atoms with Crippen molar-refractivity contribution < 1.29 is 9.18 Å². The van der Waals surface area contributed by atoms with Gasteiger partial charge in [-0.3, -0.25) is 4.79 Å². The lowest BCUT2D eigenvalue weighted by atomic mass is 9.98. The van der Waals surface area contributed by atoms with Crippen molar-refractivity contribution in [2.75, 3.05) is 13.1 Å². The maximum atomic E-state index is 13.3. The normalized spacial score (nSPS) is 14.5. The summed E-state index contributed by atoms with van der Waals surface area (Å²) in [5, 5.41) is 1.68. The summed E-state index contributed by atoms with van der Waals surface area (Å²) in [6, 6.07) is 12.2. The van der Waals surface area contributed by atoms with Gasteiger partial charge in [0.25, 0.3) is 0 Å². The van der Waals surface area contributed by atoms with E-state index >= 15 is 0 Å². The Morgan fingerprint density at radius 1 is 1.19 bits per heavy atom. The highest BCUT2D eigenvalue weighted by molar-refractivity contribution is 6.30. The van der Waals surface area contributed by atoms with E-state index in [0.29, 0.717) is 24.5 Å². The molecule has 0 saturated carbocycles. The van der Waals surface area contributed by atoms with E-state index in [1.165, 1.54) is 17.7 Å². The molecule has 2 heterocycles. The third kappa shape index (κ3) is 3.37. The van der Waals surface area contributed by atoms with Gasteiger partial charge in [0.05, 0.1) is 6.42 Å². The molecule has 0 unspecified atom stereocenters. The summed E-state index contributed by atoms with van der Waals surface area (Å²) in [6.07, 6.45) is 5.18. The standard InChI is InChI=1S/C21H18ClFN2O/c22-16-3-1-14(2-4-16)11-21(26)25-9-7-15(8-10-25)19-13-24-20-12-17(23)5-6-18(19)20/h1-7,12-13,24H,8-11H2. The average molecular weight is 369 g/mol. The zero-order valence-electron chi connectivity index (χ0n) is 14.1. The van der Waals surface area contributed by atoms with E-state index in [1.807, 2.05) is 23.2 Å². The van der Waals surface area contributed by atoms with Crippen LogP contribution in [-0.2, 0) is 11.2 Å². The third-order valence-corrected chi connectivity index (χ3v) is 5.07. The van der Waals surface area contributed by atoms with E-state index in [4.69, 9.17) is 11.6 Å². The number of H-pyrrole nitrogens is 1. The van der Waals surface area contributed by atoms with Gasteiger partial charge < -0.3 is 9.88 Å². The van der Waals surface area contributed by atoms with Crippen LogP contribution in [0.3, 0.4) is 0 Å². The van der Waals surface area contributed by atoms with Crippen LogP contribution in [0, 0.1) is 5.82 Å². The monoisotopic (exact) mass is 368 g/mol. The Morgan fingerprint density at radius 3 is 2.73 bits per heavy atom. The van der Waals surface area contributed by atoms with Gasteiger partial charge in [-0.1, -0.05) is 29.8 Å². The molecule has 1 amide bonds. The van der Waals surface area contributed by atoms with Crippen LogP contribution in [0.1, 0.15) is 17.5 Å². The number of fused-ring (bicyclic) bond motifs is 1. The first-order chi connectivity index (χ1) is 12.6. The van der Waals surface area contributed by atoms with Gasteiger partial charge in [0, 0.05) is 40.8 Å². The smallest absolute Gasteiger partial charge is 0.227 e. The number of hydrogen-bond acceptors (Lipinski definition) is 1. The van der Waals surface area contributed by atoms with Gasteiger partial charge in [0.15, 0.2) is 0 Å². The lowest BCUT2D eigenvalue weighted by Gasteiger charge is -2.26. The van der Waals surface area contributed by atoms with Gasteiger partial charge in [-0.05, 0) is 47.9 Å². The number of aromatic amines is 1. The van der Waals surface area contributed by atoms with Crippen LogP contribution in [0.5, 0.6) is 0 Å². The minimum absolute atomic E-state index is 0.114. The molecule has 0 atom stereocenters. The molecule has 3 aromatic rings. The number of amides is 1. The Labute approximate surface area is 156 Å². The van der Waals surface area contributed by atoms with Crippen LogP contribution >= 0.6 is 11.6 Å². The number of nitrogens with zero attached hydrogens (tertiary/aromatic N) is 1. The quantitative estimate of drug-likeness (QED) is 0.707. The summed E-state index contributed by atoms with van der Waals surface area (Å²) < 4.78 is 13.3. The fourth-order valence-electron chi connectivity index (χ4n) is 3.39. The molecule has 0 radical (unpaired) electrons. The predicted molar refractivity (Wildman–Crippen MR) is 103 cm³/mol. The van der Waals surface area contributed by atoms with Gasteiger partial charge in [-0.2, -0.15) is 0 Å². The van der Waals surface area contributed by atoms with E-state index in [2.05, 4.69) is 11.1 Å². The van der Waals surface area contributed by atoms with Crippen LogP contribution in [0.2, 0.25) is 5.02 Å². The molecular weight excluding hydrogens is 351 g/mol. The molecule has 26 heavy (non-hydrogen) atoms. The van der Waals surface area contributed by atoms with E-state index < -0.39 is 0 Å². The largest absolute Gasteiger partial charge is 0.360 e. The van der Waals surface area contributed by atoms with Crippen LogP contribution in [0.4, 0.5) is 4.39 Å². The van der Waals surface area contributed by atoms with E-state index in [1.54, 1.807) is 18.2 Å². The van der Waals surface area contributed by atoms with Crippen molar-refractivity contribution in [3.05, 3.63) is 76.7 Å². The lowest BCUT2D eigenvalue weighted by molar-refractivity contribution is -0.130. The van der Waals surface area contributed by atoms with Crippen molar-refractivity contribution in [1.82, 2.24) is 9.88 Å². The van der Waals surface area contributed by atoms with Gasteiger partial charge in [-0.15, -0.1) is 0 Å². The molecule has 0 aliphatic carbocycles. The highest BCUT2D eigenvalue weighted by Crippen LogP contribution is 2.29. The number of halogens is 2. The van der Waals surface area contributed by atoms with Gasteiger partial charge >= 0.3 is 0 Å². The van der Waals surface area contributed by atoms with E-state index in [-0.39, 0.29) is 11.7 Å². The molecule has 1 aliphatic rings. The topological polar surface area (TPSA) is 36.1 Å². The van der Waals surface area contributed by atoms with Crippen LogP contribution in [0.25, 0.3) is 16.5 Å². The van der Waals surface area contributed by atoms with Gasteiger partial charge in [0.2, 0.25) is 5.91 Å². The fraction of sp³-hybridized carbons (Fsp3) is 0.190. The number of carbonyl (C=O) groups is 1. The first-order valence-corrected chi connectivity index (χ1v) is 8.96. The number of benzene rings is 2. The first kappa shape index (κ1) is 16.9. The second-order valence-corrected chi connectivity index (χ2v) is 6.95. The van der Waals surface area contributed by atoms with Crippen molar-refractivity contribution in [2.45, 2.75) is 12.8 Å². The highest BCUT2D eigenvalue weighted by Gasteiger charge is 2.19. The Bertz CT molecular complexity index is 991. The minimum atomic E-state index is -0.248. The molecule has 1 aliphatic heterocycles. The average Bonchev–Trinajstić information content (AvgIpc) is 3.06. The zero-order valence-corrected chi connectivity index (χ0v) is 14.9. The second-order valence-electron chi connectivity index (χ2n) is 6.51. The molecular formula is C21H18ClFN2O. The van der Waals surface area contributed by atoms with Gasteiger partial charge in [0.1, 0.15) is 5.82 Å². The van der Waals surface area contributed by atoms with Crippen LogP contribution in [0.15, 0.2) is 54.7 Å². The zero-order chi connectivity index (χ0) is 18.1. The fourth-order valence-corrected chi connectivity index (χ4v) is 3.52. The van der Waals surface area contributed by atoms with Crippen LogP contribution < -0.4 is 0 Å². The molecule has 5 heteroatoms. The second kappa shape index (κ2) is 6.96. The van der Waals surface area contributed by atoms with Crippen LogP contribution in [-0.4, -0.2) is 28.9 Å². The Balaban J connectivity index is 1.47. The number of hydrogen-bond donors (Lipinski definition) is 1. The minimum Gasteiger partial charge on any atom is -0.360 e. The summed E-state index contributed by atoms with van der Waals surface area (Å²) in [5.41, 5.74) is 4.04. The van der Waals surface area contributed by atoms with Crippen molar-refractivity contribution in [3.8, 4) is 0 Å². The number of aromatic nitrogens is 1. The molecule has 0 spiro atoms. The summed E-state index contributed by atoms with van der Waals surface area (Å²) in [7, 11) is 0. The molecule has 4 rings (SSSR count).